The van der Waals surface area contributed by atoms with Crippen LogP contribution in [0.4, 0.5) is 0 Å². The second-order valence-electron chi connectivity index (χ2n) is 8.05. The highest BCUT2D eigenvalue weighted by Gasteiger charge is 2.36. The summed E-state index contributed by atoms with van der Waals surface area (Å²) >= 11 is 1.45. The molecular weight excluding hydrogens is 382 g/mol. The van der Waals surface area contributed by atoms with Gasteiger partial charge in [-0.3, -0.25) is 4.79 Å². The van der Waals surface area contributed by atoms with E-state index in [1.165, 1.54) is 11.3 Å². The normalized spacial score (nSPS) is 16.2. The number of methoxy groups -OCH3 is 1. The zero-order chi connectivity index (χ0) is 20.6. The number of benzene rings is 2. The van der Waals surface area contributed by atoms with E-state index in [2.05, 4.69) is 0 Å². The molecule has 0 saturated carbocycles. The molecule has 4 rings (SSSR count). The highest BCUT2D eigenvalue weighted by atomic mass is 32.1. The van der Waals surface area contributed by atoms with Crippen molar-refractivity contribution in [3.05, 3.63) is 65.2 Å². The van der Waals surface area contributed by atoms with Crippen molar-refractivity contribution in [3.63, 3.8) is 0 Å². The van der Waals surface area contributed by atoms with Gasteiger partial charge in [-0.05, 0) is 29.7 Å². The third kappa shape index (κ3) is 3.83. The molecule has 2 aromatic carbocycles. The van der Waals surface area contributed by atoms with Gasteiger partial charge in [-0.25, -0.2) is 4.98 Å². The average molecular weight is 406 g/mol. The number of carbonyl (C=O) groups excluding carboxylic acids is 1. The molecule has 0 spiro atoms. The Morgan fingerprint density at radius 3 is 2.31 bits per heavy atom. The molecule has 29 heavy (non-hydrogen) atoms. The Morgan fingerprint density at radius 2 is 1.69 bits per heavy atom. The molecule has 4 nitrogen and oxygen atoms in total. The minimum absolute atomic E-state index is 0.0308. The van der Waals surface area contributed by atoms with E-state index in [4.69, 9.17) is 9.72 Å². The lowest BCUT2D eigenvalue weighted by molar-refractivity contribution is -0.116. The van der Waals surface area contributed by atoms with E-state index in [1.807, 2.05) is 68.4 Å². The SMILES string of the molecule is COc1ccc(-c2nc(-c3ccccc3)sc2C2=C(O)CC(C)(C)CC2=O)cc1. The van der Waals surface area contributed by atoms with Crippen LogP contribution in [0.25, 0.3) is 27.4 Å². The molecule has 0 unspecified atom stereocenters. The summed E-state index contributed by atoms with van der Waals surface area (Å²) in [6.07, 6.45) is 0.891. The highest BCUT2D eigenvalue weighted by molar-refractivity contribution is 7.17. The van der Waals surface area contributed by atoms with Crippen molar-refractivity contribution in [1.29, 1.82) is 0 Å². The first kappa shape index (κ1) is 19.4. The van der Waals surface area contributed by atoms with Crippen LogP contribution in [0.5, 0.6) is 5.75 Å². The number of aromatic nitrogens is 1. The minimum Gasteiger partial charge on any atom is -0.511 e. The number of carbonyl (C=O) groups is 1. The van der Waals surface area contributed by atoms with Gasteiger partial charge in [0.2, 0.25) is 0 Å². The number of Topliss-reactive ketones (excluding diaryl/α,β-unsaturated/α-hetero) is 1. The number of aliphatic hydroxyl groups is 1. The van der Waals surface area contributed by atoms with E-state index >= 15 is 0 Å². The topological polar surface area (TPSA) is 59.4 Å². The number of thiazole rings is 1. The summed E-state index contributed by atoms with van der Waals surface area (Å²) in [7, 11) is 1.63. The van der Waals surface area contributed by atoms with E-state index in [0.29, 0.717) is 24.1 Å². The lowest BCUT2D eigenvalue weighted by Crippen LogP contribution is -2.25. The van der Waals surface area contributed by atoms with E-state index in [1.54, 1.807) is 7.11 Å². The number of hydrogen-bond donors (Lipinski definition) is 1. The summed E-state index contributed by atoms with van der Waals surface area (Å²) in [4.78, 5) is 18.6. The molecule has 0 bridgehead atoms. The van der Waals surface area contributed by atoms with Gasteiger partial charge < -0.3 is 9.84 Å². The van der Waals surface area contributed by atoms with Gasteiger partial charge in [0.1, 0.15) is 16.5 Å². The lowest BCUT2D eigenvalue weighted by atomic mass is 9.76. The first-order chi connectivity index (χ1) is 13.9. The van der Waals surface area contributed by atoms with Gasteiger partial charge in [-0.15, -0.1) is 11.3 Å². The zero-order valence-electron chi connectivity index (χ0n) is 16.7. The first-order valence-corrected chi connectivity index (χ1v) is 10.4. The monoisotopic (exact) mass is 405 g/mol. The van der Waals surface area contributed by atoms with Gasteiger partial charge in [0.05, 0.1) is 23.3 Å². The molecule has 3 aromatic rings. The molecule has 0 saturated heterocycles. The minimum atomic E-state index is -0.238. The van der Waals surface area contributed by atoms with Crippen LogP contribution >= 0.6 is 11.3 Å². The summed E-state index contributed by atoms with van der Waals surface area (Å²) in [6, 6.07) is 17.5. The summed E-state index contributed by atoms with van der Waals surface area (Å²) in [5.41, 5.74) is 2.76. The third-order valence-electron chi connectivity index (χ3n) is 5.09. The van der Waals surface area contributed by atoms with Crippen LogP contribution in [0.15, 0.2) is 60.4 Å². The summed E-state index contributed by atoms with van der Waals surface area (Å²) in [6.45, 7) is 4.01. The van der Waals surface area contributed by atoms with Gasteiger partial charge in [0.15, 0.2) is 5.78 Å². The van der Waals surface area contributed by atoms with Crippen LogP contribution in [0, 0.1) is 5.41 Å². The van der Waals surface area contributed by atoms with E-state index < -0.39 is 0 Å². The van der Waals surface area contributed by atoms with Gasteiger partial charge in [-0.1, -0.05) is 44.2 Å². The average Bonchev–Trinajstić information content (AvgIpc) is 3.12. The number of ether oxygens (including phenoxy) is 1. The largest absolute Gasteiger partial charge is 0.511 e. The molecule has 0 radical (unpaired) electrons. The number of aliphatic hydroxyl groups excluding tert-OH is 1. The Bertz CT molecular complexity index is 1080. The molecule has 0 aliphatic heterocycles. The number of hydrogen-bond acceptors (Lipinski definition) is 5. The second-order valence-corrected chi connectivity index (χ2v) is 9.05. The number of rotatable bonds is 4. The first-order valence-electron chi connectivity index (χ1n) is 9.54. The Kier molecular flexibility index (Phi) is 5.01. The maximum atomic E-state index is 13.0. The van der Waals surface area contributed by atoms with E-state index in [9.17, 15) is 9.90 Å². The fraction of sp³-hybridized carbons (Fsp3) is 0.250. The van der Waals surface area contributed by atoms with Crippen LogP contribution < -0.4 is 4.74 Å². The highest BCUT2D eigenvalue weighted by Crippen LogP contribution is 2.45. The predicted octanol–water partition coefficient (Wildman–Crippen LogP) is 6.14. The maximum Gasteiger partial charge on any atom is 0.168 e. The fourth-order valence-corrected chi connectivity index (χ4v) is 4.86. The number of ketones is 1. The lowest BCUT2D eigenvalue weighted by Gasteiger charge is -2.29. The molecule has 0 fully saturated rings. The number of nitrogens with zero attached hydrogens (tertiary/aromatic N) is 1. The Labute approximate surface area is 174 Å². The molecule has 1 aliphatic carbocycles. The van der Waals surface area contributed by atoms with Crippen molar-refractivity contribution < 1.29 is 14.6 Å². The van der Waals surface area contributed by atoms with Crippen molar-refractivity contribution >= 4 is 22.7 Å². The molecule has 0 amide bonds. The van der Waals surface area contributed by atoms with Crippen LogP contribution in [0.3, 0.4) is 0 Å². The van der Waals surface area contributed by atoms with Crippen molar-refractivity contribution in [1.82, 2.24) is 4.98 Å². The molecule has 1 heterocycles. The van der Waals surface area contributed by atoms with E-state index in [0.717, 1.165) is 26.8 Å². The number of allylic oxidation sites excluding steroid dienone is 2. The molecule has 1 aliphatic rings. The Morgan fingerprint density at radius 1 is 1.00 bits per heavy atom. The van der Waals surface area contributed by atoms with Crippen LogP contribution in [-0.2, 0) is 4.79 Å². The molecule has 1 N–H and O–H groups in total. The Balaban J connectivity index is 1.90. The van der Waals surface area contributed by atoms with Gasteiger partial charge in [0.25, 0.3) is 0 Å². The van der Waals surface area contributed by atoms with Crippen molar-refractivity contribution in [2.24, 2.45) is 5.41 Å². The van der Waals surface area contributed by atoms with Gasteiger partial charge in [0, 0.05) is 24.0 Å². The summed E-state index contributed by atoms with van der Waals surface area (Å²) in [5.74, 6) is 0.882. The summed E-state index contributed by atoms with van der Waals surface area (Å²) < 4.78 is 5.26. The Hall–Kier alpha value is -2.92. The molecule has 5 heteroatoms. The third-order valence-corrected chi connectivity index (χ3v) is 6.21. The van der Waals surface area contributed by atoms with Crippen molar-refractivity contribution in [2.45, 2.75) is 26.7 Å². The maximum absolute atomic E-state index is 13.0. The summed E-state index contributed by atoms with van der Waals surface area (Å²) in [5, 5.41) is 11.6. The van der Waals surface area contributed by atoms with Crippen molar-refractivity contribution in [3.8, 4) is 27.6 Å². The van der Waals surface area contributed by atoms with Crippen molar-refractivity contribution in [2.75, 3.05) is 7.11 Å². The van der Waals surface area contributed by atoms with E-state index in [-0.39, 0.29) is 17.0 Å². The molecular formula is C24H23NO3S. The molecule has 148 valence electrons. The van der Waals surface area contributed by atoms with Crippen LogP contribution in [0.1, 0.15) is 31.6 Å². The smallest absolute Gasteiger partial charge is 0.168 e. The predicted molar refractivity (Wildman–Crippen MR) is 117 cm³/mol. The molecule has 1 aromatic heterocycles. The van der Waals surface area contributed by atoms with Gasteiger partial charge in [-0.2, -0.15) is 0 Å². The fourth-order valence-electron chi connectivity index (χ4n) is 3.68. The van der Waals surface area contributed by atoms with Gasteiger partial charge >= 0.3 is 0 Å². The van der Waals surface area contributed by atoms with Crippen LogP contribution in [-0.4, -0.2) is 23.0 Å². The quantitative estimate of drug-likeness (QED) is 0.566. The second kappa shape index (κ2) is 7.48. The zero-order valence-corrected chi connectivity index (χ0v) is 17.5. The van der Waals surface area contributed by atoms with Crippen LogP contribution in [0.2, 0.25) is 0 Å². The molecule has 0 atom stereocenters. The standard InChI is InChI=1S/C24H23NO3S/c1-24(2)13-18(26)20(19(27)14-24)22-21(15-9-11-17(28-3)12-10-15)25-23(29-22)16-7-5-4-6-8-16/h4-12,26H,13-14H2,1-3H3.